The summed E-state index contributed by atoms with van der Waals surface area (Å²) in [6.45, 7) is 5.51. The van der Waals surface area contributed by atoms with E-state index in [1.54, 1.807) is 11.8 Å². The van der Waals surface area contributed by atoms with E-state index in [1.165, 1.54) is 18.4 Å². The SMILES string of the molecule is COc1ccccc1CN1CCCC(CN(CCN(C)C)C(=O)CCc2cnn(C)c2)C1. The van der Waals surface area contributed by atoms with E-state index in [4.69, 9.17) is 4.74 Å². The van der Waals surface area contributed by atoms with Gasteiger partial charge in [-0.3, -0.25) is 14.4 Å². The molecule has 32 heavy (non-hydrogen) atoms. The van der Waals surface area contributed by atoms with Crippen molar-refractivity contribution in [1.29, 1.82) is 0 Å². The van der Waals surface area contributed by atoms with Crippen LogP contribution in [0.1, 0.15) is 30.4 Å². The largest absolute Gasteiger partial charge is 0.496 e. The molecule has 2 aromatic rings. The van der Waals surface area contributed by atoms with Gasteiger partial charge in [-0.2, -0.15) is 5.10 Å². The summed E-state index contributed by atoms with van der Waals surface area (Å²) in [5.74, 6) is 1.70. The van der Waals surface area contributed by atoms with E-state index < -0.39 is 0 Å². The summed E-state index contributed by atoms with van der Waals surface area (Å²) in [4.78, 5) is 19.9. The number of likely N-dealkylation sites (N-methyl/N-ethyl adjacent to an activating group) is 1. The lowest BCUT2D eigenvalue weighted by molar-refractivity contribution is -0.132. The summed E-state index contributed by atoms with van der Waals surface area (Å²) in [6, 6.07) is 8.26. The third-order valence-electron chi connectivity index (χ3n) is 6.22. The van der Waals surface area contributed by atoms with Crippen LogP contribution < -0.4 is 4.74 Å². The van der Waals surface area contributed by atoms with Gasteiger partial charge in [0.25, 0.3) is 0 Å². The number of likely N-dealkylation sites (tertiary alicyclic amines) is 1. The van der Waals surface area contributed by atoms with E-state index in [1.807, 2.05) is 31.6 Å². The van der Waals surface area contributed by atoms with Crippen LogP contribution in [0, 0.1) is 5.92 Å². The molecule has 1 fully saturated rings. The molecule has 1 aromatic carbocycles. The van der Waals surface area contributed by atoms with Gasteiger partial charge in [-0.1, -0.05) is 18.2 Å². The van der Waals surface area contributed by atoms with Gasteiger partial charge in [0.05, 0.1) is 13.3 Å². The Kier molecular flexibility index (Phi) is 9.11. The molecule has 1 amide bonds. The summed E-state index contributed by atoms with van der Waals surface area (Å²) in [7, 11) is 7.77. The molecular weight excluding hydrogens is 402 g/mol. The summed E-state index contributed by atoms with van der Waals surface area (Å²) in [6.07, 6.45) is 7.48. The molecule has 176 valence electrons. The Hall–Kier alpha value is -2.38. The van der Waals surface area contributed by atoms with Crippen LogP contribution in [0.15, 0.2) is 36.7 Å². The first kappa shape index (κ1) is 24.3. The van der Waals surface area contributed by atoms with E-state index in [0.29, 0.717) is 12.3 Å². The fraction of sp³-hybridized carbons (Fsp3) is 0.600. The topological polar surface area (TPSA) is 53.8 Å². The van der Waals surface area contributed by atoms with Gasteiger partial charge in [-0.05, 0) is 57.5 Å². The van der Waals surface area contributed by atoms with Gasteiger partial charge >= 0.3 is 0 Å². The van der Waals surface area contributed by atoms with E-state index in [9.17, 15) is 4.79 Å². The van der Waals surface area contributed by atoms with Gasteiger partial charge in [0.2, 0.25) is 5.91 Å². The van der Waals surface area contributed by atoms with Crippen molar-refractivity contribution in [3.8, 4) is 5.75 Å². The normalized spacial score (nSPS) is 17.0. The van der Waals surface area contributed by atoms with Crippen LogP contribution in [0.3, 0.4) is 0 Å². The van der Waals surface area contributed by atoms with Crippen LogP contribution in [0.4, 0.5) is 0 Å². The standard InChI is InChI=1S/C25H39N5O2/c1-27(2)14-15-30(25(31)12-11-21-16-26-28(3)17-21)19-22-8-7-13-29(18-22)20-23-9-5-6-10-24(23)32-4/h5-6,9-10,16-17,22H,7-8,11-15,18-20H2,1-4H3. The van der Waals surface area contributed by atoms with Crippen LogP contribution in [0.2, 0.25) is 0 Å². The van der Waals surface area contributed by atoms with Crippen molar-refractivity contribution < 1.29 is 9.53 Å². The van der Waals surface area contributed by atoms with Crippen LogP contribution in [0.5, 0.6) is 5.75 Å². The summed E-state index contributed by atoms with van der Waals surface area (Å²) in [5, 5.41) is 4.22. The first-order valence-electron chi connectivity index (χ1n) is 11.7. The lowest BCUT2D eigenvalue weighted by Gasteiger charge is -2.36. The molecule has 1 aliphatic heterocycles. The minimum Gasteiger partial charge on any atom is -0.496 e. The number of aryl methyl sites for hydroxylation is 2. The molecule has 0 spiro atoms. The van der Waals surface area contributed by atoms with E-state index >= 15 is 0 Å². The van der Waals surface area contributed by atoms with E-state index in [2.05, 4.69) is 46.0 Å². The number of piperidine rings is 1. The summed E-state index contributed by atoms with van der Waals surface area (Å²) in [5.41, 5.74) is 2.35. The molecular formula is C25H39N5O2. The molecule has 1 atom stereocenters. The van der Waals surface area contributed by atoms with Crippen molar-refractivity contribution in [2.24, 2.45) is 13.0 Å². The molecule has 1 aliphatic rings. The van der Waals surface area contributed by atoms with Gasteiger partial charge in [0.1, 0.15) is 5.75 Å². The fourth-order valence-electron chi connectivity index (χ4n) is 4.48. The second kappa shape index (κ2) is 12.0. The number of nitrogens with zero attached hydrogens (tertiary/aromatic N) is 5. The molecule has 7 nitrogen and oxygen atoms in total. The summed E-state index contributed by atoms with van der Waals surface area (Å²) >= 11 is 0. The molecule has 0 N–H and O–H groups in total. The Balaban J connectivity index is 1.58. The van der Waals surface area contributed by atoms with Gasteiger partial charge in [-0.25, -0.2) is 0 Å². The Morgan fingerprint density at radius 2 is 2.06 bits per heavy atom. The third-order valence-corrected chi connectivity index (χ3v) is 6.22. The zero-order valence-electron chi connectivity index (χ0n) is 20.2. The zero-order chi connectivity index (χ0) is 22.9. The van der Waals surface area contributed by atoms with Gasteiger partial charge in [0, 0.05) is 58.0 Å². The lowest BCUT2D eigenvalue weighted by Crippen LogP contribution is -2.44. The quantitative estimate of drug-likeness (QED) is 0.537. The number of benzene rings is 1. The minimum atomic E-state index is 0.248. The molecule has 2 heterocycles. The van der Waals surface area contributed by atoms with Crippen molar-refractivity contribution in [1.82, 2.24) is 24.5 Å². The van der Waals surface area contributed by atoms with Crippen molar-refractivity contribution in [2.45, 2.75) is 32.2 Å². The number of hydrogen-bond acceptors (Lipinski definition) is 5. The molecule has 1 unspecified atom stereocenters. The highest BCUT2D eigenvalue weighted by Crippen LogP contribution is 2.24. The second-order valence-electron chi connectivity index (χ2n) is 9.22. The molecule has 1 aromatic heterocycles. The third kappa shape index (κ3) is 7.35. The van der Waals surface area contributed by atoms with Gasteiger partial charge in [0.15, 0.2) is 0 Å². The average molecular weight is 442 g/mol. The van der Waals surface area contributed by atoms with Crippen LogP contribution in [0.25, 0.3) is 0 Å². The molecule has 0 radical (unpaired) electrons. The Bertz CT molecular complexity index is 850. The molecule has 1 saturated heterocycles. The fourth-order valence-corrected chi connectivity index (χ4v) is 4.48. The number of ether oxygens (including phenoxy) is 1. The maximum atomic E-state index is 13.1. The lowest BCUT2D eigenvalue weighted by atomic mass is 9.96. The van der Waals surface area contributed by atoms with Crippen molar-refractivity contribution >= 4 is 5.91 Å². The molecule has 0 saturated carbocycles. The first-order valence-corrected chi connectivity index (χ1v) is 11.7. The Morgan fingerprint density at radius 3 is 2.78 bits per heavy atom. The molecule has 0 aliphatic carbocycles. The molecule has 0 bridgehead atoms. The zero-order valence-corrected chi connectivity index (χ0v) is 20.2. The number of methoxy groups -OCH3 is 1. The monoisotopic (exact) mass is 441 g/mol. The van der Waals surface area contributed by atoms with Crippen molar-refractivity contribution in [2.75, 3.05) is 53.9 Å². The number of hydrogen-bond donors (Lipinski definition) is 0. The second-order valence-corrected chi connectivity index (χ2v) is 9.22. The number of aromatic nitrogens is 2. The highest BCUT2D eigenvalue weighted by Gasteiger charge is 2.25. The summed E-state index contributed by atoms with van der Waals surface area (Å²) < 4.78 is 7.33. The van der Waals surface area contributed by atoms with Crippen molar-refractivity contribution in [3.05, 3.63) is 47.8 Å². The smallest absolute Gasteiger partial charge is 0.222 e. The Labute approximate surface area is 192 Å². The number of carbonyl (C=O) groups is 1. The van der Waals surface area contributed by atoms with Crippen LogP contribution in [-0.4, -0.2) is 84.3 Å². The van der Waals surface area contributed by atoms with Crippen LogP contribution >= 0.6 is 0 Å². The highest BCUT2D eigenvalue weighted by molar-refractivity contribution is 5.76. The first-order chi connectivity index (χ1) is 15.4. The van der Waals surface area contributed by atoms with Gasteiger partial charge in [-0.15, -0.1) is 0 Å². The average Bonchev–Trinajstić information content (AvgIpc) is 3.20. The minimum absolute atomic E-state index is 0.248. The number of rotatable bonds is 11. The number of carbonyl (C=O) groups excluding carboxylic acids is 1. The maximum Gasteiger partial charge on any atom is 0.222 e. The predicted molar refractivity (Wildman–Crippen MR) is 128 cm³/mol. The van der Waals surface area contributed by atoms with E-state index in [-0.39, 0.29) is 5.91 Å². The van der Waals surface area contributed by atoms with Gasteiger partial charge < -0.3 is 14.5 Å². The predicted octanol–water partition coefficient (Wildman–Crippen LogP) is 2.66. The maximum absolute atomic E-state index is 13.1. The number of amides is 1. The Morgan fingerprint density at radius 1 is 1.25 bits per heavy atom. The van der Waals surface area contributed by atoms with Crippen LogP contribution in [-0.2, 0) is 24.8 Å². The van der Waals surface area contributed by atoms with E-state index in [0.717, 1.165) is 57.0 Å². The molecule has 7 heteroatoms. The molecule has 3 rings (SSSR count). The highest BCUT2D eigenvalue weighted by atomic mass is 16.5. The number of para-hydroxylation sites is 1. The van der Waals surface area contributed by atoms with Crippen molar-refractivity contribution in [3.63, 3.8) is 0 Å².